The molecule has 0 aliphatic carbocycles. The van der Waals surface area contributed by atoms with Gasteiger partial charge in [0.15, 0.2) is 6.10 Å². The van der Waals surface area contributed by atoms with Gasteiger partial charge in [-0.25, -0.2) is 0 Å². The van der Waals surface area contributed by atoms with Crippen LogP contribution in [-0.4, -0.2) is 36.5 Å². The lowest BCUT2D eigenvalue weighted by molar-refractivity contribution is -0.138. The van der Waals surface area contributed by atoms with E-state index in [1.54, 1.807) is 0 Å². The molecule has 0 aromatic heterocycles. The molecule has 1 aliphatic heterocycles. The van der Waals surface area contributed by atoms with Crippen LogP contribution in [0.1, 0.15) is 19.4 Å². The van der Waals surface area contributed by atoms with Crippen molar-refractivity contribution in [1.29, 1.82) is 0 Å². The van der Waals surface area contributed by atoms with Crippen molar-refractivity contribution in [2.24, 2.45) is 11.7 Å². The van der Waals surface area contributed by atoms with Gasteiger partial charge in [0, 0.05) is 19.5 Å². The molecule has 0 radical (unpaired) electrons. The first-order valence-electron chi connectivity index (χ1n) is 6.89. The lowest BCUT2D eigenvalue weighted by atomic mass is 10.1. The second-order valence-corrected chi connectivity index (χ2v) is 5.14. The monoisotopic (exact) mass is 262 g/mol. The predicted octanol–water partition coefficient (Wildman–Crippen LogP) is 1.43. The van der Waals surface area contributed by atoms with E-state index in [9.17, 15) is 4.79 Å². The fourth-order valence-electron chi connectivity index (χ4n) is 2.35. The van der Waals surface area contributed by atoms with Crippen LogP contribution in [0.2, 0.25) is 0 Å². The largest absolute Gasteiger partial charge is 0.480 e. The van der Waals surface area contributed by atoms with Gasteiger partial charge in [0.05, 0.1) is 0 Å². The van der Waals surface area contributed by atoms with E-state index in [1.165, 1.54) is 0 Å². The van der Waals surface area contributed by atoms with Crippen LogP contribution in [0.4, 0.5) is 0 Å². The zero-order valence-corrected chi connectivity index (χ0v) is 11.6. The Bertz CT molecular complexity index is 423. The predicted molar refractivity (Wildman–Crippen MR) is 75.0 cm³/mol. The zero-order chi connectivity index (χ0) is 13.8. The Hall–Kier alpha value is -1.55. The fourth-order valence-corrected chi connectivity index (χ4v) is 2.35. The second kappa shape index (κ2) is 6.06. The standard InChI is InChI=1S/C15H22N2O2/c1-3-17(10-11(2)9-16)15(18)14-8-12-6-4-5-7-13(12)19-14/h4-7,11,14H,3,8-10,16H2,1-2H3. The molecule has 2 unspecified atom stereocenters. The third-order valence-electron chi connectivity index (χ3n) is 3.55. The third kappa shape index (κ3) is 3.07. The Morgan fingerprint density at radius 2 is 2.26 bits per heavy atom. The van der Waals surface area contributed by atoms with Crippen LogP contribution < -0.4 is 10.5 Å². The number of carbonyl (C=O) groups is 1. The van der Waals surface area contributed by atoms with Gasteiger partial charge < -0.3 is 15.4 Å². The summed E-state index contributed by atoms with van der Waals surface area (Å²) in [5.41, 5.74) is 6.74. The molecule has 2 N–H and O–H groups in total. The first-order valence-corrected chi connectivity index (χ1v) is 6.89. The van der Waals surface area contributed by atoms with Crippen LogP contribution in [0.25, 0.3) is 0 Å². The SMILES string of the molecule is CCN(CC(C)CN)C(=O)C1Cc2ccccc2O1. The molecule has 1 heterocycles. The topological polar surface area (TPSA) is 55.6 Å². The van der Waals surface area contributed by atoms with Crippen LogP contribution in [0, 0.1) is 5.92 Å². The minimum Gasteiger partial charge on any atom is -0.480 e. The summed E-state index contributed by atoms with van der Waals surface area (Å²) in [4.78, 5) is 14.3. The number of nitrogens with two attached hydrogens (primary N) is 1. The van der Waals surface area contributed by atoms with Gasteiger partial charge in [-0.1, -0.05) is 25.1 Å². The molecule has 19 heavy (non-hydrogen) atoms. The van der Waals surface area contributed by atoms with Crippen LogP contribution in [0.15, 0.2) is 24.3 Å². The number of hydrogen-bond donors (Lipinski definition) is 1. The maximum atomic E-state index is 12.5. The molecule has 0 saturated heterocycles. The summed E-state index contributed by atoms with van der Waals surface area (Å²) < 4.78 is 5.74. The van der Waals surface area contributed by atoms with Gasteiger partial charge in [-0.3, -0.25) is 4.79 Å². The highest BCUT2D eigenvalue weighted by atomic mass is 16.5. The van der Waals surface area contributed by atoms with Crippen molar-refractivity contribution in [3.05, 3.63) is 29.8 Å². The summed E-state index contributed by atoms with van der Waals surface area (Å²) in [7, 11) is 0. The van der Waals surface area contributed by atoms with Crippen molar-refractivity contribution in [2.75, 3.05) is 19.6 Å². The Kier molecular flexibility index (Phi) is 4.43. The summed E-state index contributed by atoms with van der Waals surface area (Å²) in [5, 5.41) is 0. The van der Waals surface area contributed by atoms with Gasteiger partial charge in [0.1, 0.15) is 5.75 Å². The summed E-state index contributed by atoms with van der Waals surface area (Å²) in [6, 6.07) is 7.84. The molecular formula is C15H22N2O2. The first kappa shape index (κ1) is 13.9. The normalized spacial score (nSPS) is 18.6. The lowest BCUT2D eigenvalue weighted by Gasteiger charge is -2.26. The Morgan fingerprint density at radius 1 is 1.53 bits per heavy atom. The van der Waals surface area contributed by atoms with E-state index >= 15 is 0 Å². The molecule has 4 heteroatoms. The minimum atomic E-state index is -0.373. The molecule has 1 aromatic carbocycles. The van der Waals surface area contributed by atoms with Crippen molar-refractivity contribution in [3.8, 4) is 5.75 Å². The van der Waals surface area contributed by atoms with Gasteiger partial charge in [-0.2, -0.15) is 0 Å². The molecule has 104 valence electrons. The van der Waals surface area contributed by atoms with E-state index in [2.05, 4.69) is 6.92 Å². The molecule has 4 nitrogen and oxygen atoms in total. The van der Waals surface area contributed by atoms with Crippen molar-refractivity contribution in [3.63, 3.8) is 0 Å². The fraction of sp³-hybridized carbons (Fsp3) is 0.533. The summed E-state index contributed by atoms with van der Waals surface area (Å²) >= 11 is 0. The molecular weight excluding hydrogens is 240 g/mol. The average molecular weight is 262 g/mol. The highest BCUT2D eigenvalue weighted by molar-refractivity contribution is 5.82. The van der Waals surface area contributed by atoms with E-state index in [0.29, 0.717) is 32.0 Å². The average Bonchev–Trinajstić information content (AvgIpc) is 2.87. The Balaban J connectivity index is 2.01. The van der Waals surface area contributed by atoms with Crippen LogP contribution in [-0.2, 0) is 11.2 Å². The maximum Gasteiger partial charge on any atom is 0.263 e. The number of para-hydroxylation sites is 1. The van der Waals surface area contributed by atoms with Crippen LogP contribution >= 0.6 is 0 Å². The van der Waals surface area contributed by atoms with Crippen molar-refractivity contribution >= 4 is 5.91 Å². The molecule has 0 spiro atoms. The van der Waals surface area contributed by atoms with Crippen molar-refractivity contribution in [1.82, 2.24) is 4.90 Å². The van der Waals surface area contributed by atoms with E-state index in [0.717, 1.165) is 11.3 Å². The molecule has 1 aromatic rings. The first-order chi connectivity index (χ1) is 9.15. The number of amides is 1. The maximum absolute atomic E-state index is 12.5. The van der Waals surface area contributed by atoms with Crippen molar-refractivity contribution < 1.29 is 9.53 Å². The van der Waals surface area contributed by atoms with Crippen molar-refractivity contribution in [2.45, 2.75) is 26.4 Å². The minimum absolute atomic E-state index is 0.0685. The number of carbonyl (C=O) groups excluding carboxylic acids is 1. The third-order valence-corrected chi connectivity index (χ3v) is 3.55. The van der Waals surface area contributed by atoms with E-state index in [-0.39, 0.29) is 12.0 Å². The number of rotatable bonds is 5. The molecule has 0 saturated carbocycles. The zero-order valence-electron chi connectivity index (χ0n) is 11.6. The number of benzene rings is 1. The summed E-state index contributed by atoms with van der Waals surface area (Å²) in [6.45, 7) is 6.03. The Labute approximate surface area is 114 Å². The molecule has 0 fully saturated rings. The number of ether oxygens (including phenoxy) is 1. The number of fused-ring (bicyclic) bond motifs is 1. The van der Waals surface area contributed by atoms with Gasteiger partial charge in [-0.05, 0) is 31.0 Å². The highest BCUT2D eigenvalue weighted by Gasteiger charge is 2.31. The highest BCUT2D eigenvalue weighted by Crippen LogP contribution is 2.28. The number of hydrogen-bond acceptors (Lipinski definition) is 3. The molecule has 2 rings (SSSR count). The lowest BCUT2D eigenvalue weighted by Crippen LogP contribution is -2.44. The van der Waals surface area contributed by atoms with Gasteiger partial charge >= 0.3 is 0 Å². The van der Waals surface area contributed by atoms with E-state index in [1.807, 2.05) is 36.1 Å². The summed E-state index contributed by atoms with van der Waals surface area (Å²) in [5.74, 6) is 1.22. The molecule has 1 amide bonds. The number of nitrogens with zero attached hydrogens (tertiary/aromatic N) is 1. The molecule has 0 bridgehead atoms. The number of likely N-dealkylation sites (N-methyl/N-ethyl adjacent to an activating group) is 1. The summed E-state index contributed by atoms with van der Waals surface area (Å²) in [6.07, 6.45) is 0.296. The van der Waals surface area contributed by atoms with Gasteiger partial charge in [0.25, 0.3) is 5.91 Å². The Morgan fingerprint density at radius 3 is 2.89 bits per heavy atom. The smallest absolute Gasteiger partial charge is 0.263 e. The molecule has 2 atom stereocenters. The molecule has 1 aliphatic rings. The van der Waals surface area contributed by atoms with E-state index < -0.39 is 0 Å². The van der Waals surface area contributed by atoms with E-state index in [4.69, 9.17) is 10.5 Å². The van der Waals surface area contributed by atoms with Gasteiger partial charge in [-0.15, -0.1) is 0 Å². The quantitative estimate of drug-likeness (QED) is 0.873. The van der Waals surface area contributed by atoms with Crippen LogP contribution in [0.3, 0.4) is 0 Å². The van der Waals surface area contributed by atoms with Gasteiger partial charge in [0.2, 0.25) is 0 Å². The second-order valence-electron chi connectivity index (χ2n) is 5.14. The van der Waals surface area contributed by atoms with Crippen LogP contribution in [0.5, 0.6) is 5.75 Å².